The predicted molar refractivity (Wildman–Crippen MR) is 63.2 cm³/mol. The molecule has 0 atom stereocenters. The molecular weight excluding hydrogens is 216 g/mol. The molecule has 0 radical (unpaired) electrons. The highest BCUT2D eigenvalue weighted by Crippen LogP contribution is 2.19. The maximum Gasteiger partial charge on any atom is 0.329 e. The van der Waals surface area contributed by atoms with Crippen LogP contribution in [0.3, 0.4) is 0 Å². The molecule has 0 saturated heterocycles. The summed E-state index contributed by atoms with van der Waals surface area (Å²) >= 11 is 0. The third-order valence-corrected chi connectivity index (χ3v) is 2.16. The molecule has 0 spiro atoms. The average Bonchev–Trinajstić information content (AvgIpc) is 2.38. The molecule has 1 N–H and O–H groups in total. The molecule has 0 amide bonds. The zero-order chi connectivity index (χ0) is 12.1. The highest BCUT2D eigenvalue weighted by atomic mass is 16.4. The molecule has 1 aromatic carbocycles. The molecule has 0 fully saturated rings. The number of carboxylic acids is 1. The van der Waals surface area contributed by atoms with Gasteiger partial charge in [-0.25, -0.2) is 14.8 Å². The molecule has 2 rings (SSSR count). The first-order chi connectivity index (χ1) is 8.27. The lowest BCUT2D eigenvalue weighted by atomic mass is 10.1. The second kappa shape index (κ2) is 5.03. The number of hydrogen-bond acceptors (Lipinski definition) is 3. The summed E-state index contributed by atoms with van der Waals surface area (Å²) in [5, 5.41) is 8.87. The quantitative estimate of drug-likeness (QED) is 0.813. The monoisotopic (exact) mass is 226 g/mol. The lowest BCUT2D eigenvalue weighted by molar-refractivity contribution is -0.131. The topological polar surface area (TPSA) is 63.1 Å². The van der Waals surface area contributed by atoms with Crippen molar-refractivity contribution >= 4 is 11.5 Å². The Labute approximate surface area is 98.3 Å². The van der Waals surface area contributed by atoms with Crippen LogP contribution >= 0.6 is 0 Å². The van der Waals surface area contributed by atoms with Gasteiger partial charge in [-0.05, 0) is 11.6 Å². The fourth-order valence-corrected chi connectivity index (χ4v) is 1.46. The van der Waals surface area contributed by atoms with Crippen molar-refractivity contribution in [3.8, 4) is 0 Å². The van der Waals surface area contributed by atoms with Crippen LogP contribution in [0.15, 0.2) is 54.9 Å². The van der Waals surface area contributed by atoms with Crippen LogP contribution < -0.4 is 0 Å². The molecule has 1 aromatic heterocycles. The van der Waals surface area contributed by atoms with Gasteiger partial charge in [0.2, 0.25) is 0 Å². The predicted octanol–water partition coefficient (Wildman–Crippen LogP) is 1.99. The van der Waals surface area contributed by atoms with E-state index in [1.165, 1.54) is 0 Å². The molecule has 4 nitrogen and oxygen atoms in total. The third-order valence-electron chi connectivity index (χ3n) is 2.16. The van der Waals surface area contributed by atoms with Crippen LogP contribution in [0.2, 0.25) is 0 Å². The van der Waals surface area contributed by atoms with E-state index < -0.39 is 5.97 Å². The minimum Gasteiger partial charge on any atom is -0.478 e. The summed E-state index contributed by atoms with van der Waals surface area (Å²) in [5.41, 5.74) is 1.28. The lowest BCUT2D eigenvalue weighted by Crippen LogP contribution is -1.98. The molecule has 0 aliphatic carbocycles. The molecule has 2 aromatic rings. The number of carbonyl (C=O) groups is 1. The standard InChI is InChI=1S/C13H10N2O2/c16-12(17)9-11(10-5-2-1-3-6-10)13-14-7-4-8-15-13/h1-9H,(H,16,17)/b11-9-. The highest BCUT2D eigenvalue weighted by molar-refractivity contribution is 5.93. The van der Waals surface area contributed by atoms with Crippen molar-refractivity contribution in [3.05, 3.63) is 66.3 Å². The SMILES string of the molecule is O=C(O)/C=C(/c1ccccc1)c1ncccn1. The van der Waals surface area contributed by atoms with Crippen molar-refractivity contribution in [3.63, 3.8) is 0 Å². The number of nitrogens with zero attached hydrogens (tertiary/aromatic N) is 2. The third kappa shape index (κ3) is 2.75. The van der Waals surface area contributed by atoms with Gasteiger partial charge in [0.25, 0.3) is 0 Å². The van der Waals surface area contributed by atoms with Crippen LogP contribution in [-0.4, -0.2) is 21.0 Å². The minimum absolute atomic E-state index is 0.404. The second-order valence-electron chi connectivity index (χ2n) is 3.33. The molecule has 84 valence electrons. The molecule has 0 aliphatic rings. The Kier molecular flexibility index (Phi) is 3.25. The van der Waals surface area contributed by atoms with Gasteiger partial charge in [0, 0.05) is 24.0 Å². The van der Waals surface area contributed by atoms with Crippen LogP contribution in [0.5, 0.6) is 0 Å². The van der Waals surface area contributed by atoms with E-state index in [0.717, 1.165) is 11.6 Å². The van der Waals surface area contributed by atoms with E-state index in [4.69, 9.17) is 5.11 Å². The first kappa shape index (κ1) is 11.0. The van der Waals surface area contributed by atoms with Gasteiger partial charge in [-0.2, -0.15) is 0 Å². The molecule has 0 aliphatic heterocycles. The molecule has 0 bridgehead atoms. The Hall–Kier alpha value is -2.49. The Morgan fingerprint density at radius 1 is 1.06 bits per heavy atom. The molecule has 4 heteroatoms. The van der Waals surface area contributed by atoms with Gasteiger partial charge in [0.15, 0.2) is 5.82 Å². The Bertz CT molecular complexity index is 494. The van der Waals surface area contributed by atoms with Gasteiger partial charge in [-0.1, -0.05) is 30.3 Å². The van der Waals surface area contributed by atoms with Crippen LogP contribution in [0.25, 0.3) is 5.57 Å². The van der Waals surface area contributed by atoms with E-state index in [2.05, 4.69) is 9.97 Å². The zero-order valence-corrected chi connectivity index (χ0v) is 8.95. The van der Waals surface area contributed by atoms with Crippen LogP contribution in [0.4, 0.5) is 0 Å². The van der Waals surface area contributed by atoms with E-state index in [9.17, 15) is 4.79 Å². The number of carboxylic acid groups (broad SMARTS) is 1. The first-order valence-electron chi connectivity index (χ1n) is 5.05. The smallest absolute Gasteiger partial charge is 0.329 e. The largest absolute Gasteiger partial charge is 0.478 e. The highest BCUT2D eigenvalue weighted by Gasteiger charge is 2.08. The van der Waals surface area contributed by atoms with Gasteiger partial charge in [-0.3, -0.25) is 0 Å². The number of hydrogen-bond donors (Lipinski definition) is 1. The fraction of sp³-hybridized carbons (Fsp3) is 0. The van der Waals surface area contributed by atoms with Crippen LogP contribution in [0, 0.1) is 0 Å². The summed E-state index contributed by atoms with van der Waals surface area (Å²) in [6.07, 6.45) is 4.28. The molecule has 1 heterocycles. The maximum atomic E-state index is 10.8. The number of benzene rings is 1. The van der Waals surface area contributed by atoms with E-state index in [-0.39, 0.29) is 0 Å². The van der Waals surface area contributed by atoms with Gasteiger partial charge in [0.05, 0.1) is 0 Å². The molecule has 17 heavy (non-hydrogen) atoms. The van der Waals surface area contributed by atoms with Gasteiger partial charge in [-0.15, -0.1) is 0 Å². The van der Waals surface area contributed by atoms with E-state index >= 15 is 0 Å². The molecular formula is C13H10N2O2. The van der Waals surface area contributed by atoms with Crippen molar-refractivity contribution in [2.45, 2.75) is 0 Å². The number of aliphatic carboxylic acids is 1. The summed E-state index contributed by atoms with van der Waals surface area (Å²) in [5.74, 6) is -0.614. The average molecular weight is 226 g/mol. The Morgan fingerprint density at radius 3 is 2.29 bits per heavy atom. The fourth-order valence-electron chi connectivity index (χ4n) is 1.46. The van der Waals surface area contributed by atoms with Crippen molar-refractivity contribution < 1.29 is 9.90 Å². The van der Waals surface area contributed by atoms with Crippen molar-refractivity contribution in [1.29, 1.82) is 0 Å². The summed E-state index contributed by atoms with van der Waals surface area (Å²) in [6, 6.07) is 10.9. The van der Waals surface area contributed by atoms with Crippen LogP contribution in [-0.2, 0) is 4.79 Å². The molecule has 0 unspecified atom stereocenters. The number of rotatable bonds is 3. The van der Waals surface area contributed by atoms with E-state index in [1.54, 1.807) is 18.5 Å². The minimum atomic E-state index is -1.02. The van der Waals surface area contributed by atoms with E-state index in [1.807, 2.05) is 30.3 Å². The molecule has 0 saturated carbocycles. The van der Waals surface area contributed by atoms with Gasteiger partial charge < -0.3 is 5.11 Å². The van der Waals surface area contributed by atoms with Crippen molar-refractivity contribution in [2.75, 3.05) is 0 Å². The van der Waals surface area contributed by atoms with Crippen LogP contribution in [0.1, 0.15) is 11.4 Å². The normalized spacial score (nSPS) is 11.2. The van der Waals surface area contributed by atoms with Gasteiger partial charge in [0.1, 0.15) is 0 Å². The zero-order valence-electron chi connectivity index (χ0n) is 8.95. The second-order valence-corrected chi connectivity index (χ2v) is 3.33. The number of aromatic nitrogens is 2. The maximum absolute atomic E-state index is 10.8. The van der Waals surface area contributed by atoms with Gasteiger partial charge >= 0.3 is 5.97 Å². The summed E-state index contributed by atoms with van der Waals surface area (Å²) in [4.78, 5) is 19.0. The van der Waals surface area contributed by atoms with E-state index in [0.29, 0.717) is 11.4 Å². The summed E-state index contributed by atoms with van der Waals surface area (Å²) < 4.78 is 0. The Morgan fingerprint density at radius 2 is 1.71 bits per heavy atom. The summed E-state index contributed by atoms with van der Waals surface area (Å²) in [6.45, 7) is 0. The summed E-state index contributed by atoms with van der Waals surface area (Å²) in [7, 11) is 0. The Balaban J connectivity index is 2.51. The lowest BCUT2D eigenvalue weighted by Gasteiger charge is -2.04. The first-order valence-corrected chi connectivity index (χ1v) is 5.05. The van der Waals surface area contributed by atoms with Crippen molar-refractivity contribution in [2.24, 2.45) is 0 Å². The van der Waals surface area contributed by atoms with Crippen molar-refractivity contribution in [1.82, 2.24) is 9.97 Å².